The lowest BCUT2D eigenvalue weighted by Crippen LogP contribution is -2.42. The molecular weight excluding hydrogens is 366 g/mol. The van der Waals surface area contributed by atoms with Gasteiger partial charge in [-0.3, -0.25) is 4.79 Å². The number of nitrogens with zero attached hydrogens (tertiary/aromatic N) is 3. The van der Waals surface area contributed by atoms with E-state index in [2.05, 4.69) is 40.2 Å². The predicted octanol–water partition coefficient (Wildman–Crippen LogP) is 4.34. The van der Waals surface area contributed by atoms with Crippen molar-refractivity contribution in [2.45, 2.75) is 52.2 Å². The molecule has 1 aliphatic heterocycles. The molecule has 1 aromatic carbocycles. The second-order valence-corrected chi connectivity index (χ2v) is 8.41. The van der Waals surface area contributed by atoms with E-state index in [1.54, 1.807) is 6.92 Å². The number of amides is 1. The molecule has 1 aliphatic carbocycles. The molecule has 2 fully saturated rings. The SMILES string of the molecule is Cc1noc(C)c1C(=O)N1CCC(Oc2cccc3c2ccn3CC2CC2)CC1. The lowest BCUT2D eigenvalue weighted by atomic mass is 10.1. The molecule has 6 nitrogen and oxygen atoms in total. The summed E-state index contributed by atoms with van der Waals surface area (Å²) in [6.45, 7) is 6.09. The van der Waals surface area contributed by atoms with Crippen LogP contribution in [0.4, 0.5) is 0 Å². The third kappa shape index (κ3) is 3.52. The van der Waals surface area contributed by atoms with Gasteiger partial charge < -0.3 is 18.7 Å². The zero-order valence-electron chi connectivity index (χ0n) is 17.1. The first kappa shape index (κ1) is 18.3. The van der Waals surface area contributed by atoms with Crippen LogP contribution in [0.5, 0.6) is 5.75 Å². The van der Waals surface area contributed by atoms with Gasteiger partial charge in [-0.05, 0) is 50.8 Å². The van der Waals surface area contributed by atoms with Gasteiger partial charge in [0.05, 0.1) is 11.2 Å². The fourth-order valence-electron chi connectivity index (χ4n) is 4.34. The number of aryl methyl sites for hydroxylation is 2. The molecule has 152 valence electrons. The van der Waals surface area contributed by atoms with Crippen LogP contribution in [0.1, 0.15) is 47.5 Å². The van der Waals surface area contributed by atoms with E-state index in [1.165, 1.54) is 23.7 Å². The zero-order valence-corrected chi connectivity index (χ0v) is 17.1. The van der Waals surface area contributed by atoms with E-state index in [0.29, 0.717) is 30.1 Å². The van der Waals surface area contributed by atoms with Crippen molar-refractivity contribution in [2.75, 3.05) is 13.1 Å². The fraction of sp³-hybridized carbons (Fsp3) is 0.478. The highest BCUT2D eigenvalue weighted by molar-refractivity contribution is 5.96. The summed E-state index contributed by atoms with van der Waals surface area (Å²) in [6, 6.07) is 8.49. The van der Waals surface area contributed by atoms with Crippen LogP contribution in [0.25, 0.3) is 10.9 Å². The number of aromatic nitrogens is 2. The van der Waals surface area contributed by atoms with Gasteiger partial charge in [0.2, 0.25) is 0 Å². The first-order valence-corrected chi connectivity index (χ1v) is 10.6. The van der Waals surface area contributed by atoms with Gasteiger partial charge in [-0.1, -0.05) is 11.2 Å². The summed E-state index contributed by atoms with van der Waals surface area (Å²) in [5, 5.41) is 5.09. The largest absolute Gasteiger partial charge is 0.490 e. The normalized spacial score (nSPS) is 17.8. The quantitative estimate of drug-likeness (QED) is 0.647. The highest BCUT2D eigenvalue weighted by atomic mass is 16.5. The van der Waals surface area contributed by atoms with Crippen molar-refractivity contribution >= 4 is 16.8 Å². The van der Waals surface area contributed by atoms with Gasteiger partial charge in [0.15, 0.2) is 0 Å². The summed E-state index contributed by atoms with van der Waals surface area (Å²) < 4.78 is 13.9. The van der Waals surface area contributed by atoms with Crippen molar-refractivity contribution in [1.82, 2.24) is 14.6 Å². The Balaban J connectivity index is 1.25. The first-order chi connectivity index (χ1) is 14.1. The molecule has 29 heavy (non-hydrogen) atoms. The number of ether oxygens (including phenoxy) is 1. The lowest BCUT2D eigenvalue weighted by molar-refractivity contribution is 0.0596. The summed E-state index contributed by atoms with van der Waals surface area (Å²) in [5.74, 6) is 2.40. The van der Waals surface area contributed by atoms with E-state index in [-0.39, 0.29) is 12.0 Å². The maximum atomic E-state index is 12.8. The van der Waals surface area contributed by atoms with Crippen LogP contribution in [-0.2, 0) is 6.54 Å². The number of rotatable bonds is 5. The van der Waals surface area contributed by atoms with Crippen LogP contribution < -0.4 is 4.74 Å². The third-order valence-electron chi connectivity index (χ3n) is 6.20. The van der Waals surface area contributed by atoms with Crippen molar-refractivity contribution in [1.29, 1.82) is 0 Å². The maximum absolute atomic E-state index is 12.8. The first-order valence-electron chi connectivity index (χ1n) is 10.6. The number of fused-ring (bicyclic) bond motifs is 1. The number of carbonyl (C=O) groups excluding carboxylic acids is 1. The predicted molar refractivity (Wildman–Crippen MR) is 110 cm³/mol. The van der Waals surface area contributed by atoms with Crippen LogP contribution in [0.3, 0.4) is 0 Å². The molecule has 1 amide bonds. The van der Waals surface area contributed by atoms with Gasteiger partial charge in [0.25, 0.3) is 5.91 Å². The van der Waals surface area contributed by atoms with E-state index in [9.17, 15) is 4.79 Å². The molecule has 0 atom stereocenters. The molecule has 5 rings (SSSR count). The molecule has 0 bridgehead atoms. The minimum absolute atomic E-state index is 0.0129. The summed E-state index contributed by atoms with van der Waals surface area (Å²) in [6.07, 6.45) is 6.66. The molecule has 6 heteroatoms. The summed E-state index contributed by atoms with van der Waals surface area (Å²) in [7, 11) is 0. The number of likely N-dealkylation sites (tertiary alicyclic amines) is 1. The Morgan fingerprint density at radius 1 is 1.17 bits per heavy atom. The number of hydrogen-bond acceptors (Lipinski definition) is 4. The molecule has 0 unspecified atom stereocenters. The lowest BCUT2D eigenvalue weighted by Gasteiger charge is -2.32. The monoisotopic (exact) mass is 393 g/mol. The van der Waals surface area contributed by atoms with Crippen LogP contribution in [-0.4, -0.2) is 39.7 Å². The van der Waals surface area contributed by atoms with Crippen LogP contribution in [0.15, 0.2) is 35.0 Å². The molecule has 2 aliphatic rings. The Morgan fingerprint density at radius 2 is 1.97 bits per heavy atom. The molecule has 3 aromatic rings. The number of carbonyl (C=O) groups is 1. The second kappa shape index (κ2) is 7.25. The maximum Gasteiger partial charge on any atom is 0.259 e. The topological polar surface area (TPSA) is 60.5 Å². The molecule has 2 aromatic heterocycles. The van der Waals surface area contributed by atoms with Gasteiger partial charge in [0.1, 0.15) is 23.2 Å². The molecule has 3 heterocycles. The van der Waals surface area contributed by atoms with E-state index in [1.807, 2.05) is 11.8 Å². The van der Waals surface area contributed by atoms with E-state index in [4.69, 9.17) is 9.26 Å². The highest BCUT2D eigenvalue weighted by Gasteiger charge is 2.28. The molecule has 0 N–H and O–H groups in total. The van der Waals surface area contributed by atoms with Gasteiger partial charge in [-0.15, -0.1) is 0 Å². The third-order valence-corrected chi connectivity index (χ3v) is 6.20. The molecular formula is C23H27N3O3. The molecule has 0 spiro atoms. The number of benzene rings is 1. The second-order valence-electron chi connectivity index (χ2n) is 8.41. The Labute approximate surface area is 170 Å². The summed E-state index contributed by atoms with van der Waals surface area (Å²) in [5.41, 5.74) is 2.51. The molecule has 1 saturated heterocycles. The van der Waals surface area contributed by atoms with Crippen LogP contribution in [0.2, 0.25) is 0 Å². The van der Waals surface area contributed by atoms with Gasteiger partial charge >= 0.3 is 0 Å². The van der Waals surface area contributed by atoms with Gasteiger partial charge in [-0.2, -0.15) is 0 Å². The van der Waals surface area contributed by atoms with Crippen LogP contribution in [0, 0.1) is 19.8 Å². The summed E-state index contributed by atoms with van der Waals surface area (Å²) >= 11 is 0. The minimum Gasteiger partial charge on any atom is -0.490 e. The standard InChI is InChI=1S/C23H27N3O3/c1-15-22(16(2)29-24-15)23(27)25-11-8-18(9-12-25)28-21-5-3-4-20-19(21)10-13-26(20)14-17-6-7-17/h3-5,10,13,17-18H,6-9,11-12,14H2,1-2H3. The van der Waals surface area contributed by atoms with Gasteiger partial charge in [0, 0.05) is 44.1 Å². The van der Waals surface area contributed by atoms with E-state index < -0.39 is 0 Å². The highest BCUT2D eigenvalue weighted by Crippen LogP contribution is 2.34. The number of piperidine rings is 1. The zero-order chi connectivity index (χ0) is 20.0. The van der Waals surface area contributed by atoms with Crippen molar-refractivity contribution < 1.29 is 14.1 Å². The van der Waals surface area contributed by atoms with Crippen molar-refractivity contribution in [3.63, 3.8) is 0 Å². The van der Waals surface area contributed by atoms with Crippen molar-refractivity contribution in [3.8, 4) is 5.75 Å². The van der Waals surface area contributed by atoms with Crippen molar-refractivity contribution in [2.24, 2.45) is 5.92 Å². The van der Waals surface area contributed by atoms with Crippen LogP contribution >= 0.6 is 0 Å². The average Bonchev–Trinajstić information content (AvgIpc) is 3.35. The fourth-order valence-corrected chi connectivity index (χ4v) is 4.34. The number of hydrogen-bond donors (Lipinski definition) is 0. The van der Waals surface area contributed by atoms with Crippen molar-refractivity contribution in [3.05, 3.63) is 47.5 Å². The Kier molecular flexibility index (Phi) is 4.57. The smallest absolute Gasteiger partial charge is 0.259 e. The Hall–Kier alpha value is -2.76. The summed E-state index contributed by atoms with van der Waals surface area (Å²) in [4.78, 5) is 14.7. The minimum atomic E-state index is 0.0129. The van der Waals surface area contributed by atoms with E-state index in [0.717, 1.165) is 31.1 Å². The average molecular weight is 393 g/mol. The Bertz CT molecular complexity index is 1020. The Morgan fingerprint density at radius 3 is 2.66 bits per heavy atom. The molecule has 1 saturated carbocycles. The van der Waals surface area contributed by atoms with E-state index >= 15 is 0 Å². The van der Waals surface area contributed by atoms with Gasteiger partial charge in [-0.25, -0.2) is 0 Å². The molecule has 0 radical (unpaired) electrons.